The number of rotatable bonds is 7. The summed E-state index contributed by atoms with van der Waals surface area (Å²) in [4.78, 5) is 36.1. The van der Waals surface area contributed by atoms with E-state index in [4.69, 9.17) is 21.4 Å². The second-order valence-corrected chi connectivity index (χ2v) is 9.36. The van der Waals surface area contributed by atoms with Crippen LogP contribution in [0.5, 0.6) is 0 Å². The molecule has 0 saturated heterocycles. The second-order valence-electron chi connectivity index (χ2n) is 8.95. The van der Waals surface area contributed by atoms with Gasteiger partial charge in [0.1, 0.15) is 6.61 Å². The zero-order chi connectivity index (χ0) is 24.6. The normalized spacial score (nSPS) is 15.0. The fourth-order valence-electron chi connectivity index (χ4n) is 4.60. The van der Waals surface area contributed by atoms with Crippen molar-refractivity contribution in [3.8, 4) is 11.1 Å². The molecule has 2 aliphatic rings. The Kier molecular flexibility index (Phi) is 5.94. The van der Waals surface area contributed by atoms with E-state index in [1.54, 1.807) is 0 Å². The van der Waals surface area contributed by atoms with Gasteiger partial charge in [-0.2, -0.15) is 0 Å². The number of carboxylic acids is 1. The number of anilines is 1. The van der Waals surface area contributed by atoms with Gasteiger partial charge in [0.05, 0.1) is 22.7 Å². The van der Waals surface area contributed by atoms with E-state index in [2.05, 4.69) is 22.8 Å². The predicted molar refractivity (Wildman–Crippen MR) is 132 cm³/mol. The van der Waals surface area contributed by atoms with Crippen molar-refractivity contribution in [3.05, 3.63) is 88.4 Å². The zero-order valence-electron chi connectivity index (χ0n) is 18.7. The number of hydrogen-bond donors (Lipinski definition) is 3. The van der Waals surface area contributed by atoms with Crippen LogP contribution in [0.25, 0.3) is 11.1 Å². The van der Waals surface area contributed by atoms with Crippen molar-refractivity contribution in [2.24, 2.45) is 0 Å². The van der Waals surface area contributed by atoms with Crippen LogP contribution in [0, 0.1) is 0 Å². The van der Waals surface area contributed by atoms with Crippen molar-refractivity contribution in [3.63, 3.8) is 0 Å². The minimum Gasteiger partial charge on any atom is -0.481 e. The molecule has 7 nitrogen and oxygen atoms in total. The highest BCUT2D eigenvalue weighted by molar-refractivity contribution is 6.34. The molecule has 3 aromatic carbocycles. The van der Waals surface area contributed by atoms with Gasteiger partial charge in [-0.25, -0.2) is 4.79 Å². The molecule has 178 valence electrons. The summed E-state index contributed by atoms with van der Waals surface area (Å²) in [5, 5.41) is 14.6. The Hall–Kier alpha value is -3.84. The third kappa shape index (κ3) is 4.72. The van der Waals surface area contributed by atoms with Gasteiger partial charge >= 0.3 is 12.1 Å². The van der Waals surface area contributed by atoms with E-state index < -0.39 is 23.5 Å². The third-order valence-corrected chi connectivity index (χ3v) is 6.85. The molecule has 0 heterocycles. The van der Waals surface area contributed by atoms with E-state index in [0.29, 0.717) is 18.5 Å². The molecule has 0 atom stereocenters. The Balaban J connectivity index is 1.22. The monoisotopic (exact) mass is 490 g/mol. The minimum atomic E-state index is -0.955. The summed E-state index contributed by atoms with van der Waals surface area (Å²) < 4.78 is 5.54. The number of carbonyl (C=O) groups excluding carboxylic acids is 2. The van der Waals surface area contributed by atoms with E-state index in [9.17, 15) is 14.4 Å². The molecule has 0 aliphatic heterocycles. The molecule has 2 amide bonds. The van der Waals surface area contributed by atoms with E-state index >= 15 is 0 Å². The second kappa shape index (κ2) is 9.07. The first-order valence-corrected chi connectivity index (χ1v) is 11.7. The molecule has 3 N–H and O–H groups in total. The molecule has 0 unspecified atom stereocenters. The number of amides is 2. The first-order valence-electron chi connectivity index (χ1n) is 11.3. The zero-order valence-corrected chi connectivity index (χ0v) is 19.5. The predicted octanol–water partition coefficient (Wildman–Crippen LogP) is 5.44. The molecule has 1 fully saturated rings. The Morgan fingerprint density at radius 1 is 0.971 bits per heavy atom. The van der Waals surface area contributed by atoms with Crippen molar-refractivity contribution < 1.29 is 24.2 Å². The quantitative estimate of drug-likeness (QED) is 0.409. The number of aliphatic carboxylic acids is 1. The van der Waals surface area contributed by atoms with Crippen molar-refractivity contribution in [1.82, 2.24) is 5.32 Å². The average molecular weight is 491 g/mol. The van der Waals surface area contributed by atoms with Crippen LogP contribution in [-0.4, -0.2) is 35.2 Å². The van der Waals surface area contributed by atoms with Gasteiger partial charge in [-0.05, 0) is 53.3 Å². The highest BCUT2D eigenvalue weighted by atomic mass is 35.5. The van der Waals surface area contributed by atoms with E-state index in [0.717, 1.165) is 22.3 Å². The molecule has 35 heavy (non-hydrogen) atoms. The van der Waals surface area contributed by atoms with Crippen molar-refractivity contribution in [1.29, 1.82) is 0 Å². The molecule has 2 aliphatic carbocycles. The maximum atomic E-state index is 12.5. The number of fused-ring (bicyclic) bond motifs is 3. The van der Waals surface area contributed by atoms with Gasteiger partial charge in [0.15, 0.2) is 0 Å². The van der Waals surface area contributed by atoms with Crippen LogP contribution in [-0.2, 0) is 9.53 Å². The molecule has 5 rings (SSSR count). The first-order chi connectivity index (χ1) is 16.8. The van der Waals surface area contributed by atoms with Crippen molar-refractivity contribution in [2.45, 2.75) is 30.7 Å². The molecule has 0 spiro atoms. The van der Waals surface area contributed by atoms with Crippen LogP contribution in [0.1, 0.15) is 46.7 Å². The Labute approximate surface area is 207 Å². The largest absolute Gasteiger partial charge is 0.481 e. The molecular formula is C27H23ClN2O5. The summed E-state index contributed by atoms with van der Waals surface area (Å²) in [6.07, 6.45) is 0.484. The van der Waals surface area contributed by atoms with E-state index in [1.807, 2.05) is 36.4 Å². The highest BCUT2D eigenvalue weighted by Crippen LogP contribution is 2.44. The standard InChI is InChI=1S/C27H23ClN2O5/c28-22-13-16(25(33)30-27(11-12-27)14-24(31)32)9-10-23(22)29-26(34)35-15-21-19-7-3-1-5-17(19)18-6-2-4-8-20(18)21/h1-10,13,21H,11-12,14-15H2,(H,29,34)(H,30,33)(H,31,32). The lowest BCUT2D eigenvalue weighted by atomic mass is 9.98. The molecule has 0 aromatic heterocycles. The fourth-order valence-corrected chi connectivity index (χ4v) is 4.83. The number of carboxylic acid groups (broad SMARTS) is 1. The van der Waals surface area contributed by atoms with Crippen LogP contribution in [0.2, 0.25) is 5.02 Å². The summed E-state index contributed by atoms with van der Waals surface area (Å²) in [5.74, 6) is -1.42. The number of hydrogen-bond acceptors (Lipinski definition) is 4. The number of carbonyl (C=O) groups is 3. The van der Waals surface area contributed by atoms with Gasteiger partial charge in [0.2, 0.25) is 0 Å². The Morgan fingerprint density at radius 3 is 2.17 bits per heavy atom. The Morgan fingerprint density at radius 2 is 1.60 bits per heavy atom. The van der Waals surface area contributed by atoms with Crippen molar-refractivity contribution >= 4 is 35.3 Å². The van der Waals surface area contributed by atoms with Crippen LogP contribution in [0.15, 0.2) is 66.7 Å². The number of nitrogens with one attached hydrogen (secondary N) is 2. The first kappa shape index (κ1) is 22.9. The fraction of sp³-hybridized carbons (Fsp3) is 0.222. The van der Waals surface area contributed by atoms with Gasteiger partial charge < -0.3 is 15.2 Å². The topological polar surface area (TPSA) is 105 Å². The summed E-state index contributed by atoms with van der Waals surface area (Å²) in [6, 6.07) is 20.6. The molecule has 0 bridgehead atoms. The molecule has 8 heteroatoms. The summed E-state index contributed by atoms with van der Waals surface area (Å²) in [5.41, 5.74) is 4.43. The summed E-state index contributed by atoms with van der Waals surface area (Å²) in [6.45, 7) is 0.170. The van der Waals surface area contributed by atoms with Gasteiger partial charge in [0, 0.05) is 11.5 Å². The minimum absolute atomic E-state index is 0.0600. The molecule has 3 aromatic rings. The maximum absolute atomic E-state index is 12.5. The smallest absolute Gasteiger partial charge is 0.411 e. The summed E-state index contributed by atoms with van der Waals surface area (Å²) >= 11 is 6.31. The SMILES string of the molecule is O=C(O)CC1(NC(=O)c2ccc(NC(=O)OCC3c4ccccc4-c4ccccc43)c(Cl)c2)CC1. The van der Waals surface area contributed by atoms with Gasteiger partial charge in [-0.15, -0.1) is 0 Å². The van der Waals surface area contributed by atoms with Crippen LogP contribution >= 0.6 is 11.6 Å². The average Bonchev–Trinajstić information content (AvgIpc) is 3.50. The number of benzene rings is 3. The van der Waals surface area contributed by atoms with Gasteiger partial charge in [0.25, 0.3) is 5.91 Å². The van der Waals surface area contributed by atoms with Crippen molar-refractivity contribution in [2.75, 3.05) is 11.9 Å². The maximum Gasteiger partial charge on any atom is 0.411 e. The van der Waals surface area contributed by atoms with Crippen LogP contribution in [0.3, 0.4) is 0 Å². The van der Waals surface area contributed by atoms with Crippen LogP contribution in [0.4, 0.5) is 10.5 Å². The third-order valence-electron chi connectivity index (χ3n) is 6.53. The lowest BCUT2D eigenvalue weighted by molar-refractivity contribution is -0.137. The van der Waals surface area contributed by atoms with E-state index in [1.165, 1.54) is 18.2 Å². The number of halogens is 1. The van der Waals surface area contributed by atoms with Gasteiger partial charge in [-0.3, -0.25) is 14.9 Å². The molecular weight excluding hydrogens is 468 g/mol. The number of ether oxygens (including phenoxy) is 1. The highest BCUT2D eigenvalue weighted by Gasteiger charge is 2.46. The lowest BCUT2D eigenvalue weighted by Crippen LogP contribution is -2.38. The summed E-state index contributed by atoms with van der Waals surface area (Å²) in [7, 11) is 0. The molecule has 1 saturated carbocycles. The van der Waals surface area contributed by atoms with E-state index in [-0.39, 0.29) is 29.5 Å². The Bertz CT molecular complexity index is 1290. The lowest BCUT2D eigenvalue weighted by Gasteiger charge is -2.16. The molecule has 0 radical (unpaired) electrons. The van der Waals surface area contributed by atoms with Crippen LogP contribution < -0.4 is 10.6 Å². The van der Waals surface area contributed by atoms with Gasteiger partial charge in [-0.1, -0.05) is 60.1 Å².